The SMILES string of the molecule is O=C(O)CN(CC(=O)Nc1c(Br)cc(Br)cc1Br)C1CC1. The van der Waals surface area contributed by atoms with Crippen molar-refractivity contribution in [2.75, 3.05) is 18.4 Å². The molecule has 8 heteroatoms. The largest absolute Gasteiger partial charge is 0.480 e. The van der Waals surface area contributed by atoms with E-state index in [1.54, 1.807) is 4.90 Å². The maximum Gasteiger partial charge on any atom is 0.317 e. The molecule has 5 nitrogen and oxygen atoms in total. The normalized spacial score (nSPS) is 14.3. The zero-order valence-electron chi connectivity index (χ0n) is 10.9. The Morgan fingerprint density at radius 1 is 1.19 bits per heavy atom. The molecule has 1 fully saturated rings. The number of halogens is 3. The predicted octanol–water partition coefficient (Wildman–Crippen LogP) is 3.46. The van der Waals surface area contributed by atoms with E-state index in [2.05, 4.69) is 53.1 Å². The van der Waals surface area contributed by atoms with Crippen LogP contribution in [0.3, 0.4) is 0 Å². The second kappa shape index (κ2) is 7.21. The van der Waals surface area contributed by atoms with Crippen LogP contribution >= 0.6 is 47.8 Å². The molecule has 1 aliphatic carbocycles. The van der Waals surface area contributed by atoms with Gasteiger partial charge in [-0.1, -0.05) is 15.9 Å². The average molecular weight is 485 g/mol. The number of nitrogens with zero attached hydrogens (tertiary/aromatic N) is 1. The lowest BCUT2D eigenvalue weighted by molar-refractivity contribution is -0.138. The van der Waals surface area contributed by atoms with E-state index in [0.717, 1.165) is 26.3 Å². The van der Waals surface area contributed by atoms with Gasteiger partial charge in [0.1, 0.15) is 0 Å². The topological polar surface area (TPSA) is 69.6 Å². The van der Waals surface area contributed by atoms with Gasteiger partial charge in [-0.25, -0.2) is 0 Å². The van der Waals surface area contributed by atoms with E-state index in [1.807, 2.05) is 12.1 Å². The molecule has 0 bridgehead atoms. The molecule has 1 aromatic rings. The van der Waals surface area contributed by atoms with Crippen LogP contribution in [0.15, 0.2) is 25.6 Å². The average Bonchev–Trinajstić information content (AvgIpc) is 3.16. The number of hydrogen-bond acceptors (Lipinski definition) is 3. The first-order chi connectivity index (χ1) is 9.86. The van der Waals surface area contributed by atoms with Crippen LogP contribution in [0.25, 0.3) is 0 Å². The lowest BCUT2D eigenvalue weighted by Crippen LogP contribution is -2.38. The van der Waals surface area contributed by atoms with Crippen molar-refractivity contribution in [1.82, 2.24) is 4.90 Å². The van der Waals surface area contributed by atoms with Crippen LogP contribution in [0.4, 0.5) is 5.69 Å². The van der Waals surface area contributed by atoms with Gasteiger partial charge >= 0.3 is 5.97 Å². The fourth-order valence-electron chi connectivity index (χ4n) is 1.95. The van der Waals surface area contributed by atoms with Crippen molar-refractivity contribution < 1.29 is 14.7 Å². The number of carboxylic acid groups (broad SMARTS) is 1. The number of rotatable bonds is 6. The molecule has 0 aromatic heterocycles. The molecule has 0 radical (unpaired) electrons. The summed E-state index contributed by atoms with van der Waals surface area (Å²) < 4.78 is 2.37. The second-order valence-corrected chi connectivity index (χ2v) is 7.45. The molecule has 1 aliphatic rings. The third-order valence-corrected chi connectivity index (χ3v) is 4.73. The Labute approximate surface area is 147 Å². The summed E-state index contributed by atoms with van der Waals surface area (Å²) in [7, 11) is 0. The fourth-order valence-corrected chi connectivity index (χ4v) is 4.41. The standard InChI is InChI=1S/C13H13Br3N2O3/c14-7-3-9(15)13(10(16)4-7)17-11(19)5-18(6-12(20)21)8-1-2-8/h3-4,8H,1-2,5-6H2,(H,17,19)(H,20,21). The lowest BCUT2D eigenvalue weighted by Gasteiger charge is -2.19. The van der Waals surface area contributed by atoms with Gasteiger partial charge in [0, 0.05) is 19.5 Å². The first-order valence-corrected chi connectivity index (χ1v) is 8.65. The van der Waals surface area contributed by atoms with Gasteiger partial charge in [-0.15, -0.1) is 0 Å². The summed E-state index contributed by atoms with van der Waals surface area (Å²) in [6.07, 6.45) is 1.90. The van der Waals surface area contributed by atoms with E-state index in [-0.39, 0.29) is 25.0 Å². The van der Waals surface area contributed by atoms with Gasteiger partial charge in [0.05, 0.1) is 18.8 Å². The molecule has 114 valence electrons. The highest BCUT2D eigenvalue weighted by molar-refractivity contribution is 9.11. The van der Waals surface area contributed by atoms with Gasteiger partial charge in [-0.3, -0.25) is 14.5 Å². The molecular formula is C13H13Br3N2O3. The highest BCUT2D eigenvalue weighted by Crippen LogP contribution is 2.34. The maximum atomic E-state index is 12.1. The van der Waals surface area contributed by atoms with Gasteiger partial charge < -0.3 is 10.4 Å². The number of anilines is 1. The van der Waals surface area contributed by atoms with Gasteiger partial charge in [-0.05, 0) is 56.8 Å². The van der Waals surface area contributed by atoms with Crippen molar-refractivity contribution in [3.8, 4) is 0 Å². The van der Waals surface area contributed by atoms with E-state index >= 15 is 0 Å². The summed E-state index contributed by atoms with van der Waals surface area (Å²) in [5.41, 5.74) is 0.634. The number of benzene rings is 1. The number of amides is 1. The number of hydrogen-bond donors (Lipinski definition) is 2. The second-order valence-electron chi connectivity index (χ2n) is 4.82. The summed E-state index contributed by atoms with van der Waals surface area (Å²) in [4.78, 5) is 24.7. The van der Waals surface area contributed by atoms with E-state index in [1.165, 1.54) is 0 Å². The Morgan fingerprint density at radius 3 is 2.24 bits per heavy atom. The molecule has 2 N–H and O–H groups in total. The number of aliphatic carboxylic acids is 1. The minimum atomic E-state index is -0.916. The Balaban J connectivity index is 2.02. The molecule has 1 saturated carbocycles. The monoisotopic (exact) mass is 482 g/mol. The molecule has 21 heavy (non-hydrogen) atoms. The highest BCUT2D eigenvalue weighted by Gasteiger charge is 2.31. The van der Waals surface area contributed by atoms with Crippen molar-refractivity contribution in [3.63, 3.8) is 0 Å². The quantitative estimate of drug-likeness (QED) is 0.649. The molecule has 1 amide bonds. The minimum Gasteiger partial charge on any atom is -0.480 e. The molecule has 0 heterocycles. The highest BCUT2D eigenvalue weighted by atomic mass is 79.9. The first-order valence-electron chi connectivity index (χ1n) is 6.27. The third kappa shape index (κ3) is 5.05. The number of nitrogens with one attached hydrogen (secondary N) is 1. The van der Waals surface area contributed by atoms with Crippen molar-refractivity contribution in [1.29, 1.82) is 0 Å². The first kappa shape index (κ1) is 16.9. The smallest absolute Gasteiger partial charge is 0.317 e. The van der Waals surface area contributed by atoms with Crippen molar-refractivity contribution in [2.24, 2.45) is 0 Å². The molecule has 0 spiro atoms. The Bertz CT molecular complexity index is 553. The fraction of sp³-hybridized carbons (Fsp3) is 0.385. The van der Waals surface area contributed by atoms with Crippen LogP contribution in [0, 0.1) is 0 Å². The Kier molecular flexibility index (Phi) is 5.81. The molecule has 0 atom stereocenters. The number of carboxylic acids is 1. The Morgan fingerprint density at radius 2 is 1.76 bits per heavy atom. The van der Waals surface area contributed by atoms with E-state index in [4.69, 9.17) is 5.11 Å². The van der Waals surface area contributed by atoms with Crippen LogP contribution in [-0.2, 0) is 9.59 Å². The molecule has 1 aromatic carbocycles. The zero-order chi connectivity index (χ0) is 15.6. The molecule has 2 rings (SSSR count). The number of carbonyl (C=O) groups is 2. The maximum absolute atomic E-state index is 12.1. The lowest BCUT2D eigenvalue weighted by atomic mass is 10.3. The molecule has 0 saturated heterocycles. The summed E-state index contributed by atoms with van der Waals surface area (Å²) in [5, 5.41) is 11.7. The van der Waals surface area contributed by atoms with E-state index < -0.39 is 5.97 Å². The predicted molar refractivity (Wildman–Crippen MR) is 90.4 cm³/mol. The summed E-state index contributed by atoms with van der Waals surface area (Å²) in [6, 6.07) is 3.87. The summed E-state index contributed by atoms with van der Waals surface area (Å²) in [6.45, 7) is -0.0350. The van der Waals surface area contributed by atoms with Crippen molar-refractivity contribution >= 4 is 65.4 Å². The minimum absolute atomic E-state index is 0.0753. The summed E-state index contributed by atoms with van der Waals surface area (Å²) in [5.74, 6) is -1.15. The summed E-state index contributed by atoms with van der Waals surface area (Å²) >= 11 is 10.1. The van der Waals surface area contributed by atoms with E-state index in [0.29, 0.717) is 5.69 Å². The van der Waals surface area contributed by atoms with Gasteiger partial charge in [0.2, 0.25) is 5.91 Å². The van der Waals surface area contributed by atoms with Gasteiger partial charge in [0.15, 0.2) is 0 Å². The van der Waals surface area contributed by atoms with Crippen molar-refractivity contribution in [3.05, 3.63) is 25.6 Å². The third-order valence-electron chi connectivity index (χ3n) is 3.02. The van der Waals surface area contributed by atoms with E-state index in [9.17, 15) is 9.59 Å². The molecule has 0 unspecified atom stereocenters. The van der Waals surface area contributed by atoms with Gasteiger partial charge in [-0.2, -0.15) is 0 Å². The van der Waals surface area contributed by atoms with Gasteiger partial charge in [0.25, 0.3) is 0 Å². The molecule has 0 aliphatic heterocycles. The number of carbonyl (C=O) groups excluding carboxylic acids is 1. The van der Waals surface area contributed by atoms with Crippen LogP contribution in [0.1, 0.15) is 12.8 Å². The van der Waals surface area contributed by atoms with Crippen LogP contribution < -0.4 is 5.32 Å². The zero-order valence-corrected chi connectivity index (χ0v) is 15.7. The van der Waals surface area contributed by atoms with Crippen LogP contribution in [0.2, 0.25) is 0 Å². The Hall–Kier alpha value is -0.440. The van der Waals surface area contributed by atoms with Crippen molar-refractivity contribution in [2.45, 2.75) is 18.9 Å². The van der Waals surface area contributed by atoms with Crippen LogP contribution in [0.5, 0.6) is 0 Å². The molecular weight excluding hydrogens is 472 g/mol. The van der Waals surface area contributed by atoms with Crippen LogP contribution in [-0.4, -0.2) is 41.0 Å².